The van der Waals surface area contributed by atoms with E-state index in [2.05, 4.69) is 44.6 Å². The number of carbonyl (C=O) groups is 1. The summed E-state index contributed by atoms with van der Waals surface area (Å²) in [7, 11) is 0. The normalized spacial score (nSPS) is 26.7. The predicted molar refractivity (Wildman–Crippen MR) is 124 cm³/mol. The molecule has 3 aromatic rings. The average molecular weight is 450 g/mol. The number of nitrogens with zero attached hydrogens (tertiary/aromatic N) is 4. The molecule has 1 amide bonds. The van der Waals surface area contributed by atoms with Crippen molar-refractivity contribution in [3.8, 4) is 0 Å². The van der Waals surface area contributed by atoms with E-state index >= 15 is 0 Å². The molecule has 0 bridgehead atoms. The lowest BCUT2D eigenvalue weighted by Gasteiger charge is -2.37. The molecule has 1 aliphatic heterocycles. The fourth-order valence-electron chi connectivity index (χ4n) is 5.38. The lowest BCUT2D eigenvalue weighted by atomic mass is 9.74. The number of aromatic nitrogens is 3. The third-order valence-corrected chi connectivity index (χ3v) is 7.29. The van der Waals surface area contributed by atoms with Crippen molar-refractivity contribution < 1.29 is 14.6 Å². The number of hydrogen-bond acceptors (Lipinski definition) is 6. The van der Waals surface area contributed by atoms with E-state index in [1.165, 1.54) is 5.56 Å². The molecule has 1 saturated heterocycles. The number of amides is 1. The van der Waals surface area contributed by atoms with Gasteiger partial charge < -0.3 is 15.2 Å². The molecule has 8 nitrogen and oxygen atoms in total. The summed E-state index contributed by atoms with van der Waals surface area (Å²) in [5.41, 5.74) is 1.99. The summed E-state index contributed by atoms with van der Waals surface area (Å²) in [6, 6.07) is 12.3. The molecule has 2 fully saturated rings. The highest BCUT2D eigenvalue weighted by Crippen LogP contribution is 2.39. The monoisotopic (exact) mass is 449 g/mol. The average Bonchev–Trinajstić information content (AvgIpc) is 3.23. The molecule has 3 heterocycles. The van der Waals surface area contributed by atoms with Gasteiger partial charge in [0.1, 0.15) is 5.56 Å². The lowest BCUT2D eigenvalue weighted by Crippen LogP contribution is -2.48. The van der Waals surface area contributed by atoms with Crippen LogP contribution < -0.4 is 5.32 Å². The van der Waals surface area contributed by atoms with Crippen molar-refractivity contribution in [1.82, 2.24) is 24.8 Å². The number of aliphatic hydroxyl groups is 1. The first kappa shape index (κ1) is 22.0. The molecule has 174 valence electrons. The third kappa shape index (κ3) is 4.51. The van der Waals surface area contributed by atoms with Crippen LogP contribution in [0.1, 0.15) is 41.6 Å². The van der Waals surface area contributed by atoms with E-state index in [0.717, 1.165) is 45.6 Å². The second kappa shape index (κ2) is 9.59. The maximum Gasteiger partial charge on any atom is 0.256 e. The van der Waals surface area contributed by atoms with Gasteiger partial charge in [-0.3, -0.25) is 9.69 Å². The molecule has 5 rings (SSSR count). The zero-order chi connectivity index (χ0) is 22.7. The number of nitrogens with one attached hydrogen (secondary N) is 1. The molecule has 33 heavy (non-hydrogen) atoms. The zero-order valence-electron chi connectivity index (χ0n) is 18.8. The highest BCUT2D eigenvalue weighted by Gasteiger charge is 2.40. The molecule has 2 N–H and O–H groups in total. The molecule has 1 aromatic carbocycles. The van der Waals surface area contributed by atoms with Crippen molar-refractivity contribution >= 4 is 11.6 Å². The highest BCUT2D eigenvalue weighted by atomic mass is 16.5. The molecule has 8 heteroatoms. The smallest absolute Gasteiger partial charge is 0.256 e. The van der Waals surface area contributed by atoms with Crippen LogP contribution in [0.3, 0.4) is 0 Å². The van der Waals surface area contributed by atoms with Gasteiger partial charge in [0.15, 0.2) is 5.65 Å². The van der Waals surface area contributed by atoms with Gasteiger partial charge in [0.2, 0.25) is 0 Å². The minimum atomic E-state index is -0.381. The second-order valence-corrected chi connectivity index (χ2v) is 9.14. The molecule has 1 saturated carbocycles. The number of benzene rings is 1. The SMILES string of the molecule is O=C(NC[C@]1(c2ccccc2)CC[C@@H](O)[C@H](N2CCOCC2)CC1)c1cnn2cccnc12. The lowest BCUT2D eigenvalue weighted by molar-refractivity contribution is -0.0236. The van der Waals surface area contributed by atoms with E-state index in [1.807, 2.05) is 6.07 Å². The van der Waals surface area contributed by atoms with Crippen LogP contribution in [0.15, 0.2) is 55.0 Å². The molecular formula is C25H31N5O3. The van der Waals surface area contributed by atoms with E-state index < -0.39 is 0 Å². The van der Waals surface area contributed by atoms with Gasteiger partial charge in [-0.05, 0) is 37.3 Å². The van der Waals surface area contributed by atoms with Gasteiger partial charge in [0.05, 0.1) is 25.5 Å². The minimum absolute atomic E-state index is 0.124. The Balaban J connectivity index is 1.37. The standard InChI is InChI=1S/C25H31N5O3/c31-22-8-10-25(19-5-2-1-3-6-19,9-7-21(22)29-13-15-33-16-14-29)18-27-24(32)20-17-28-30-12-4-11-26-23(20)30/h1-6,11-12,17,21-22,31H,7-10,13-16,18H2,(H,27,32)/t21-,22-,25-/m1/s1. The molecule has 1 aliphatic carbocycles. The predicted octanol–water partition coefficient (Wildman–Crippen LogP) is 2.03. The van der Waals surface area contributed by atoms with Gasteiger partial charge in [-0.1, -0.05) is 30.3 Å². The summed E-state index contributed by atoms with van der Waals surface area (Å²) >= 11 is 0. The van der Waals surface area contributed by atoms with Crippen molar-refractivity contribution in [2.75, 3.05) is 32.8 Å². The first-order valence-electron chi connectivity index (χ1n) is 11.8. The fraction of sp³-hybridized carbons (Fsp3) is 0.480. The molecule has 2 aliphatic rings. The van der Waals surface area contributed by atoms with Gasteiger partial charge in [-0.25, -0.2) is 9.50 Å². The van der Waals surface area contributed by atoms with Gasteiger partial charge in [0, 0.05) is 43.5 Å². The highest BCUT2D eigenvalue weighted by molar-refractivity contribution is 5.99. The maximum absolute atomic E-state index is 13.1. The van der Waals surface area contributed by atoms with Gasteiger partial charge in [-0.15, -0.1) is 0 Å². The number of fused-ring (bicyclic) bond motifs is 1. The maximum atomic E-state index is 13.1. The molecular weight excluding hydrogens is 418 g/mol. The summed E-state index contributed by atoms with van der Waals surface area (Å²) in [6.45, 7) is 3.66. The molecule has 0 spiro atoms. The Morgan fingerprint density at radius 1 is 1.15 bits per heavy atom. The Morgan fingerprint density at radius 3 is 2.76 bits per heavy atom. The summed E-state index contributed by atoms with van der Waals surface area (Å²) in [5.74, 6) is -0.173. The van der Waals surface area contributed by atoms with Crippen molar-refractivity contribution in [2.45, 2.75) is 43.2 Å². The summed E-state index contributed by atoms with van der Waals surface area (Å²) < 4.78 is 7.12. The minimum Gasteiger partial charge on any atom is -0.391 e. The first-order valence-corrected chi connectivity index (χ1v) is 11.8. The quantitative estimate of drug-likeness (QED) is 0.579. The number of morpholine rings is 1. The van der Waals surface area contributed by atoms with Gasteiger partial charge >= 0.3 is 0 Å². The topological polar surface area (TPSA) is 92.0 Å². The van der Waals surface area contributed by atoms with Crippen molar-refractivity contribution in [3.63, 3.8) is 0 Å². The molecule has 0 unspecified atom stereocenters. The number of hydrogen-bond donors (Lipinski definition) is 2. The first-order chi connectivity index (χ1) is 16.2. The number of ether oxygens (including phenoxy) is 1. The van der Waals surface area contributed by atoms with Crippen molar-refractivity contribution in [3.05, 3.63) is 66.1 Å². The van der Waals surface area contributed by atoms with E-state index in [1.54, 1.807) is 29.2 Å². The van der Waals surface area contributed by atoms with Gasteiger partial charge in [0.25, 0.3) is 5.91 Å². The van der Waals surface area contributed by atoms with E-state index in [9.17, 15) is 9.90 Å². The molecule has 3 atom stereocenters. The summed E-state index contributed by atoms with van der Waals surface area (Å²) in [4.78, 5) is 19.8. The van der Waals surface area contributed by atoms with Crippen LogP contribution in [0, 0.1) is 0 Å². The van der Waals surface area contributed by atoms with Crippen LogP contribution in [0.5, 0.6) is 0 Å². The van der Waals surface area contributed by atoms with Crippen LogP contribution in [-0.4, -0.2) is 75.5 Å². The third-order valence-electron chi connectivity index (χ3n) is 7.29. The number of aliphatic hydroxyl groups excluding tert-OH is 1. The zero-order valence-corrected chi connectivity index (χ0v) is 18.8. The second-order valence-electron chi connectivity index (χ2n) is 9.14. The van der Waals surface area contributed by atoms with Crippen molar-refractivity contribution in [2.24, 2.45) is 0 Å². The van der Waals surface area contributed by atoms with Crippen LogP contribution >= 0.6 is 0 Å². The Bertz CT molecular complexity index is 1080. The molecule has 2 aromatic heterocycles. The van der Waals surface area contributed by atoms with Crippen LogP contribution in [-0.2, 0) is 10.2 Å². The van der Waals surface area contributed by atoms with E-state index in [-0.39, 0.29) is 23.5 Å². The summed E-state index contributed by atoms with van der Waals surface area (Å²) in [5, 5.41) is 18.5. The van der Waals surface area contributed by atoms with Gasteiger partial charge in [-0.2, -0.15) is 5.10 Å². The Labute approximate surface area is 193 Å². The van der Waals surface area contributed by atoms with E-state index in [0.29, 0.717) is 24.2 Å². The Morgan fingerprint density at radius 2 is 1.94 bits per heavy atom. The Kier molecular flexibility index (Phi) is 6.39. The van der Waals surface area contributed by atoms with Crippen LogP contribution in [0.25, 0.3) is 5.65 Å². The fourth-order valence-corrected chi connectivity index (χ4v) is 5.38. The largest absolute Gasteiger partial charge is 0.391 e. The Hall–Kier alpha value is -2.81. The number of carbonyl (C=O) groups excluding carboxylic acids is 1. The van der Waals surface area contributed by atoms with E-state index in [4.69, 9.17) is 4.74 Å². The van der Waals surface area contributed by atoms with Crippen LogP contribution in [0.2, 0.25) is 0 Å². The van der Waals surface area contributed by atoms with Crippen molar-refractivity contribution in [1.29, 1.82) is 0 Å². The van der Waals surface area contributed by atoms with Crippen LogP contribution in [0.4, 0.5) is 0 Å². The molecule has 0 radical (unpaired) electrons. The number of rotatable bonds is 5. The summed E-state index contributed by atoms with van der Waals surface area (Å²) in [6.07, 6.45) is 7.91.